The Morgan fingerprint density at radius 2 is 1.67 bits per heavy atom. The van der Waals surface area contributed by atoms with Gasteiger partial charge in [-0.2, -0.15) is 0 Å². The van der Waals surface area contributed by atoms with Crippen LogP contribution in [0.4, 0.5) is 0 Å². The largest absolute Gasteiger partial charge is 0.352 e. The van der Waals surface area contributed by atoms with Crippen molar-refractivity contribution < 1.29 is 9.59 Å². The quantitative estimate of drug-likeness (QED) is 0.669. The predicted octanol–water partition coefficient (Wildman–Crippen LogP) is 4.33. The van der Waals surface area contributed by atoms with E-state index in [0.29, 0.717) is 12.2 Å². The maximum absolute atomic E-state index is 13.5. The SMILES string of the molecule is O=C(CN(Cc1ccccc1)C(=O)c1nccc2ccccc12)NC1CCCCC1. The molecule has 30 heavy (non-hydrogen) atoms. The van der Waals surface area contributed by atoms with Crippen LogP contribution in [0.15, 0.2) is 66.9 Å². The summed E-state index contributed by atoms with van der Waals surface area (Å²) < 4.78 is 0. The lowest BCUT2D eigenvalue weighted by atomic mass is 9.95. The van der Waals surface area contributed by atoms with Crippen molar-refractivity contribution in [2.75, 3.05) is 6.54 Å². The first-order chi connectivity index (χ1) is 14.7. The van der Waals surface area contributed by atoms with Gasteiger partial charge in [-0.3, -0.25) is 14.6 Å². The lowest BCUT2D eigenvalue weighted by Crippen LogP contribution is -2.44. The Kier molecular flexibility index (Phi) is 6.38. The number of rotatable bonds is 6. The van der Waals surface area contributed by atoms with Crippen molar-refractivity contribution >= 4 is 22.6 Å². The Labute approximate surface area is 177 Å². The summed E-state index contributed by atoms with van der Waals surface area (Å²) in [6, 6.07) is 19.6. The average molecular weight is 402 g/mol. The van der Waals surface area contributed by atoms with E-state index in [4.69, 9.17) is 0 Å². The van der Waals surface area contributed by atoms with E-state index in [1.54, 1.807) is 11.1 Å². The molecule has 154 valence electrons. The molecule has 3 aromatic rings. The molecule has 5 nitrogen and oxygen atoms in total. The molecule has 1 aliphatic carbocycles. The molecule has 0 atom stereocenters. The molecule has 1 heterocycles. The van der Waals surface area contributed by atoms with Gasteiger partial charge in [0.15, 0.2) is 0 Å². The van der Waals surface area contributed by atoms with Crippen LogP contribution in [-0.4, -0.2) is 34.3 Å². The van der Waals surface area contributed by atoms with Gasteiger partial charge in [0.25, 0.3) is 5.91 Å². The lowest BCUT2D eigenvalue weighted by molar-refractivity contribution is -0.122. The molecule has 0 spiro atoms. The molecule has 0 aliphatic heterocycles. The first kappa shape index (κ1) is 20.1. The molecule has 2 aromatic carbocycles. The van der Waals surface area contributed by atoms with E-state index in [9.17, 15) is 9.59 Å². The summed E-state index contributed by atoms with van der Waals surface area (Å²) in [5, 5.41) is 4.89. The second-order valence-electron chi connectivity index (χ2n) is 7.93. The molecular formula is C25H27N3O2. The van der Waals surface area contributed by atoms with Crippen LogP contribution in [0, 0.1) is 0 Å². The average Bonchev–Trinajstić information content (AvgIpc) is 2.79. The number of nitrogens with one attached hydrogen (secondary N) is 1. The van der Waals surface area contributed by atoms with Crippen LogP contribution in [0.3, 0.4) is 0 Å². The highest BCUT2D eigenvalue weighted by Gasteiger charge is 2.24. The van der Waals surface area contributed by atoms with E-state index >= 15 is 0 Å². The molecule has 0 unspecified atom stereocenters. The fourth-order valence-electron chi connectivity index (χ4n) is 4.14. The number of benzene rings is 2. The van der Waals surface area contributed by atoms with E-state index in [2.05, 4.69) is 10.3 Å². The summed E-state index contributed by atoms with van der Waals surface area (Å²) in [7, 11) is 0. The third kappa shape index (κ3) is 4.85. The van der Waals surface area contributed by atoms with Gasteiger partial charge in [-0.15, -0.1) is 0 Å². The van der Waals surface area contributed by atoms with E-state index in [0.717, 1.165) is 42.0 Å². The minimum Gasteiger partial charge on any atom is -0.352 e. The summed E-state index contributed by atoms with van der Waals surface area (Å²) >= 11 is 0. The fourth-order valence-corrected chi connectivity index (χ4v) is 4.14. The second-order valence-corrected chi connectivity index (χ2v) is 7.93. The minimum absolute atomic E-state index is 0.0229. The predicted molar refractivity (Wildman–Crippen MR) is 118 cm³/mol. The van der Waals surface area contributed by atoms with Crippen molar-refractivity contribution in [3.8, 4) is 0 Å². The summed E-state index contributed by atoms with van der Waals surface area (Å²) in [6.45, 7) is 0.387. The zero-order valence-electron chi connectivity index (χ0n) is 17.1. The van der Waals surface area contributed by atoms with Crippen LogP contribution < -0.4 is 5.32 Å². The van der Waals surface area contributed by atoms with E-state index < -0.39 is 0 Å². The van der Waals surface area contributed by atoms with Crippen molar-refractivity contribution in [1.82, 2.24) is 15.2 Å². The lowest BCUT2D eigenvalue weighted by Gasteiger charge is -2.26. The van der Waals surface area contributed by atoms with Crippen LogP contribution in [0.5, 0.6) is 0 Å². The Morgan fingerprint density at radius 1 is 0.933 bits per heavy atom. The molecule has 0 bridgehead atoms. The van der Waals surface area contributed by atoms with Gasteiger partial charge >= 0.3 is 0 Å². The second kappa shape index (κ2) is 9.53. The highest BCUT2D eigenvalue weighted by molar-refractivity contribution is 6.06. The number of amides is 2. The van der Waals surface area contributed by atoms with Gasteiger partial charge in [-0.05, 0) is 29.9 Å². The molecule has 2 amide bonds. The third-order valence-corrected chi connectivity index (χ3v) is 5.68. The number of carbonyl (C=O) groups excluding carboxylic acids is 2. The normalized spacial score (nSPS) is 14.4. The van der Waals surface area contributed by atoms with Gasteiger partial charge < -0.3 is 10.2 Å². The minimum atomic E-state index is -0.227. The molecule has 1 fully saturated rings. The van der Waals surface area contributed by atoms with Crippen LogP contribution in [0.1, 0.15) is 48.2 Å². The first-order valence-corrected chi connectivity index (χ1v) is 10.7. The number of hydrogen-bond donors (Lipinski definition) is 1. The van der Waals surface area contributed by atoms with Gasteiger partial charge in [0.05, 0.1) is 0 Å². The Hall–Kier alpha value is -3.21. The molecule has 1 aromatic heterocycles. The van der Waals surface area contributed by atoms with Crippen LogP contribution in [-0.2, 0) is 11.3 Å². The topological polar surface area (TPSA) is 62.3 Å². The van der Waals surface area contributed by atoms with Crippen molar-refractivity contribution in [1.29, 1.82) is 0 Å². The van der Waals surface area contributed by atoms with Crippen LogP contribution in [0.25, 0.3) is 10.8 Å². The zero-order chi connectivity index (χ0) is 20.8. The van der Waals surface area contributed by atoms with E-state index in [1.165, 1.54) is 6.42 Å². The summed E-state index contributed by atoms with van der Waals surface area (Å²) in [6.07, 6.45) is 7.22. The zero-order valence-corrected chi connectivity index (χ0v) is 17.1. The van der Waals surface area contributed by atoms with Gasteiger partial charge in [-0.25, -0.2) is 0 Å². The summed E-state index contributed by atoms with van der Waals surface area (Å²) in [5.41, 5.74) is 1.37. The smallest absolute Gasteiger partial charge is 0.273 e. The van der Waals surface area contributed by atoms with Crippen molar-refractivity contribution in [3.63, 3.8) is 0 Å². The standard InChI is InChI=1S/C25H27N3O2/c29-23(27-21-12-5-2-6-13-21)18-28(17-19-9-3-1-4-10-19)25(30)24-22-14-8-7-11-20(22)15-16-26-24/h1,3-4,7-11,14-16,21H,2,5-6,12-13,17-18H2,(H,27,29). The molecular weight excluding hydrogens is 374 g/mol. The molecule has 1 aliphatic rings. The number of carbonyl (C=O) groups is 2. The number of nitrogens with zero attached hydrogens (tertiary/aromatic N) is 2. The highest BCUT2D eigenvalue weighted by Crippen LogP contribution is 2.20. The molecule has 4 rings (SSSR count). The Balaban J connectivity index is 1.57. The monoisotopic (exact) mass is 401 g/mol. The molecule has 0 saturated heterocycles. The van der Waals surface area contributed by atoms with Crippen LogP contribution in [0.2, 0.25) is 0 Å². The van der Waals surface area contributed by atoms with Gasteiger partial charge in [-0.1, -0.05) is 73.9 Å². The highest BCUT2D eigenvalue weighted by atomic mass is 16.2. The maximum atomic E-state index is 13.5. The van der Waals surface area contributed by atoms with Crippen molar-refractivity contribution in [2.45, 2.75) is 44.7 Å². The number of aromatic nitrogens is 1. The molecule has 1 saturated carbocycles. The van der Waals surface area contributed by atoms with Crippen molar-refractivity contribution in [3.05, 3.63) is 78.1 Å². The summed E-state index contributed by atoms with van der Waals surface area (Å²) in [4.78, 5) is 32.2. The molecule has 0 radical (unpaired) electrons. The number of hydrogen-bond acceptors (Lipinski definition) is 3. The molecule has 1 N–H and O–H groups in total. The van der Waals surface area contributed by atoms with Gasteiger partial charge in [0.1, 0.15) is 12.2 Å². The van der Waals surface area contributed by atoms with E-state index in [1.807, 2.05) is 60.7 Å². The first-order valence-electron chi connectivity index (χ1n) is 10.7. The van der Waals surface area contributed by atoms with Gasteiger partial charge in [0.2, 0.25) is 5.91 Å². The Bertz CT molecular complexity index is 1010. The Morgan fingerprint density at radius 3 is 2.47 bits per heavy atom. The van der Waals surface area contributed by atoms with Crippen molar-refractivity contribution in [2.24, 2.45) is 0 Å². The maximum Gasteiger partial charge on any atom is 0.273 e. The van der Waals surface area contributed by atoms with Crippen LogP contribution >= 0.6 is 0 Å². The number of pyridine rings is 1. The molecule has 5 heteroatoms. The fraction of sp³-hybridized carbons (Fsp3) is 0.320. The van der Waals surface area contributed by atoms with E-state index in [-0.39, 0.29) is 24.4 Å². The van der Waals surface area contributed by atoms with Gasteiger partial charge in [0, 0.05) is 24.2 Å². The number of fused-ring (bicyclic) bond motifs is 1. The summed E-state index contributed by atoms with van der Waals surface area (Å²) in [5.74, 6) is -0.333. The third-order valence-electron chi connectivity index (χ3n) is 5.68.